The van der Waals surface area contributed by atoms with Gasteiger partial charge in [-0.2, -0.15) is 0 Å². The zero-order chi connectivity index (χ0) is 12.1. The highest BCUT2D eigenvalue weighted by molar-refractivity contribution is 9.10. The van der Waals surface area contributed by atoms with Crippen LogP contribution in [0.2, 0.25) is 0 Å². The highest BCUT2D eigenvalue weighted by atomic mass is 79.9. The normalized spacial score (nSPS) is 18.9. The van der Waals surface area contributed by atoms with Crippen molar-refractivity contribution < 1.29 is 5.11 Å². The molecule has 0 aromatic carbocycles. The van der Waals surface area contributed by atoms with E-state index in [1.807, 2.05) is 12.1 Å². The third-order valence-electron chi connectivity index (χ3n) is 3.64. The van der Waals surface area contributed by atoms with Crippen molar-refractivity contribution in [1.29, 1.82) is 0 Å². The Morgan fingerprint density at radius 3 is 2.76 bits per heavy atom. The van der Waals surface area contributed by atoms with Gasteiger partial charge in [0, 0.05) is 18.2 Å². The number of nitrogens with one attached hydrogen (secondary N) is 1. The maximum absolute atomic E-state index is 9.62. The predicted octanol–water partition coefficient (Wildman–Crippen LogP) is 3.20. The zero-order valence-electron chi connectivity index (χ0n) is 9.95. The number of aromatic nitrogens is 1. The number of aliphatic hydroxyl groups is 1. The zero-order valence-corrected chi connectivity index (χ0v) is 11.5. The maximum atomic E-state index is 9.62. The van der Waals surface area contributed by atoms with Crippen molar-refractivity contribution in [3.05, 3.63) is 22.8 Å². The van der Waals surface area contributed by atoms with Crippen molar-refractivity contribution in [3.63, 3.8) is 0 Å². The van der Waals surface area contributed by atoms with Gasteiger partial charge >= 0.3 is 0 Å². The van der Waals surface area contributed by atoms with E-state index in [2.05, 4.69) is 26.2 Å². The minimum Gasteiger partial charge on any atom is -0.396 e. The number of aliphatic hydroxyl groups excluding tert-OH is 1. The molecule has 4 heteroatoms. The third-order valence-corrected chi connectivity index (χ3v) is 4.28. The lowest BCUT2D eigenvalue weighted by molar-refractivity contribution is 0.0943. The lowest BCUT2D eigenvalue weighted by Gasteiger charge is -2.35. The van der Waals surface area contributed by atoms with E-state index in [-0.39, 0.29) is 12.0 Å². The Bertz CT molecular complexity index is 364. The summed E-state index contributed by atoms with van der Waals surface area (Å²) in [7, 11) is 0. The second-order valence-electron chi connectivity index (χ2n) is 4.91. The molecule has 0 atom stereocenters. The van der Waals surface area contributed by atoms with E-state index in [1.165, 1.54) is 19.3 Å². The minimum atomic E-state index is 0.0508. The molecule has 0 aliphatic heterocycles. The first-order valence-corrected chi connectivity index (χ1v) is 7.00. The van der Waals surface area contributed by atoms with Crippen molar-refractivity contribution >= 4 is 21.7 Å². The second kappa shape index (κ2) is 5.83. The molecular weight excluding hydrogens is 280 g/mol. The molecule has 17 heavy (non-hydrogen) atoms. The van der Waals surface area contributed by atoms with E-state index in [4.69, 9.17) is 0 Å². The van der Waals surface area contributed by atoms with Gasteiger partial charge in [-0.25, -0.2) is 4.98 Å². The SMILES string of the molecule is OCC1(CNc2ncccc2Br)CCCCC1. The van der Waals surface area contributed by atoms with Gasteiger partial charge in [-0.3, -0.25) is 0 Å². The van der Waals surface area contributed by atoms with Crippen molar-refractivity contribution in [3.8, 4) is 0 Å². The Kier molecular flexibility index (Phi) is 4.40. The van der Waals surface area contributed by atoms with Crippen LogP contribution in [0.15, 0.2) is 22.8 Å². The van der Waals surface area contributed by atoms with Gasteiger partial charge in [0.2, 0.25) is 0 Å². The van der Waals surface area contributed by atoms with E-state index in [9.17, 15) is 5.11 Å². The summed E-state index contributed by atoms with van der Waals surface area (Å²) in [4.78, 5) is 4.29. The average Bonchev–Trinajstić information content (AvgIpc) is 2.39. The number of pyridine rings is 1. The Morgan fingerprint density at radius 1 is 1.35 bits per heavy atom. The van der Waals surface area contributed by atoms with Crippen LogP contribution < -0.4 is 5.32 Å². The van der Waals surface area contributed by atoms with Crippen LogP contribution in [0.5, 0.6) is 0 Å². The molecule has 1 heterocycles. The van der Waals surface area contributed by atoms with E-state index < -0.39 is 0 Å². The Labute approximate surface area is 111 Å². The van der Waals surface area contributed by atoms with Crippen LogP contribution in [-0.4, -0.2) is 23.2 Å². The molecule has 0 amide bonds. The minimum absolute atomic E-state index is 0.0508. The van der Waals surface area contributed by atoms with Gasteiger partial charge in [0.25, 0.3) is 0 Å². The van der Waals surface area contributed by atoms with Crippen LogP contribution in [0.3, 0.4) is 0 Å². The molecule has 1 aromatic heterocycles. The Hall–Kier alpha value is -0.610. The molecule has 1 aliphatic carbocycles. The molecule has 0 spiro atoms. The summed E-state index contributed by atoms with van der Waals surface area (Å²) in [6.45, 7) is 1.07. The van der Waals surface area contributed by atoms with Crippen LogP contribution >= 0.6 is 15.9 Å². The van der Waals surface area contributed by atoms with E-state index in [0.29, 0.717) is 0 Å². The van der Waals surface area contributed by atoms with Gasteiger partial charge in [-0.1, -0.05) is 19.3 Å². The topological polar surface area (TPSA) is 45.1 Å². The smallest absolute Gasteiger partial charge is 0.140 e. The van der Waals surface area contributed by atoms with Crippen LogP contribution in [-0.2, 0) is 0 Å². The molecule has 2 rings (SSSR count). The summed E-state index contributed by atoms with van der Waals surface area (Å²) in [6.07, 6.45) is 7.76. The molecule has 0 unspecified atom stereocenters. The maximum Gasteiger partial charge on any atom is 0.140 e. The molecule has 1 saturated carbocycles. The molecular formula is C13H19BrN2O. The number of hydrogen-bond acceptors (Lipinski definition) is 3. The van der Waals surface area contributed by atoms with Crippen LogP contribution in [0, 0.1) is 5.41 Å². The fraction of sp³-hybridized carbons (Fsp3) is 0.615. The average molecular weight is 299 g/mol. The summed E-state index contributed by atoms with van der Waals surface area (Å²) in [5.41, 5.74) is 0.0508. The van der Waals surface area contributed by atoms with Gasteiger partial charge in [0.15, 0.2) is 0 Å². The summed E-state index contributed by atoms with van der Waals surface area (Å²) in [6, 6.07) is 3.87. The molecule has 1 fully saturated rings. The van der Waals surface area contributed by atoms with Crippen LogP contribution in [0.1, 0.15) is 32.1 Å². The van der Waals surface area contributed by atoms with Crippen LogP contribution in [0.4, 0.5) is 5.82 Å². The first kappa shape index (κ1) is 12.8. The summed E-state index contributed by atoms with van der Waals surface area (Å²) in [5.74, 6) is 0.867. The highest BCUT2D eigenvalue weighted by Crippen LogP contribution is 2.36. The third kappa shape index (κ3) is 3.19. The highest BCUT2D eigenvalue weighted by Gasteiger charge is 2.31. The Balaban J connectivity index is 1.98. The van der Waals surface area contributed by atoms with E-state index in [1.54, 1.807) is 6.20 Å². The van der Waals surface area contributed by atoms with Crippen molar-refractivity contribution in [2.45, 2.75) is 32.1 Å². The first-order valence-electron chi connectivity index (χ1n) is 6.21. The number of anilines is 1. The molecule has 0 radical (unpaired) electrons. The molecule has 94 valence electrons. The van der Waals surface area contributed by atoms with Crippen molar-refractivity contribution in [1.82, 2.24) is 4.98 Å². The van der Waals surface area contributed by atoms with Crippen LogP contribution in [0.25, 0.3) is 0 Å². The fourth-order valence-corrected chi connectivity index (χ4v) is 2.87. The van der Waals surface area contributed by atoms with E-state index >= 15 is 0 Å². The van der Waals surface area contributed by atoms with Gasteiger partial charge < -0.3 is 10.4 Å². The van der Waals surface area contributed by atoms with Gasteiger partial charge in [0.05, 0.1) is 11.1 Å². The van der Waals surface area contributed by atoms with Gasteiger partial charge in [-0.05, 0) is 40.9 Å². The quantitative estimate of drug-likeness (QED) is 0.897. The standard InChI is InChI=1S/C13H19BrN2O/c14-11-5-4-8-15-12(11)16-9-13(10-17)6-2-1-3-7-13/h4-5,8,17H,1-3,6-7,9-10H2,(H,15,16). The fourth-order valence-electron chi connectivity index (χ4n) is 2.48. The van der Waals surface area contributed by atoms with Crippen molar-refractivity contribution in [2.24, 2.45) is 5.41 Å². The number of nitrogens with zero attached hydrogens (tertiary/aromatic N) is 1. The summed E-state index contributed by atoms with van der Waals surface area (Å²) in [5, 5.41) is 13.0. The molecule has 1 aromatic rings. The molecule has 3 nitrogen and oxygen atoms in total. The number of rotatable bonds is 4. The van der Waals surface area contributed by atoms with Gasteiger partial charge in [-0.15, -0.1) is 0 Å². The van der Waals surface area contributed by atoms with Crippen molar-refractivity contribution in [2.75, 3.05) is 18.5 Å². The lowest BCUT2D eigenvalue weighted by Crippen LogP contribution is -2.35. The van der Waals surface area contributed by atoms with Gasteiger partial charge in [0.1, 0.15) is 5.82 Å². The second-order valence-corrected chi connectivity index (χ2v) is 5.76. The van der Waals surface area contributed by atoms with E-state index in [0.717, 1.165) is 29.7 Å². The summed E-state index contributed by atoms with van der Waals surface area (Å²) < 4.78 is 0.976. The molecule has 0 saturated heterocycles. The first-order chi connectivity index (χ1) is 8.26. The largest absolute Gasteiger partial charge is 0.396 e. The molecule has 1 aliphatic rings. The monoisotopic (exact) mass is 298 g/mol. The molecule has 2 N–H and O–H groups in total. The number of hydrogen-bond donors (Lipinski definition) is 2. The lowest BCUT2D eigenvalue weighted by atomic mass is 9.74. The summed E-state index contributed by atoms with van der Waals surface area (Å²) >= 11 is 3.47. The Morgan fingerprint density at radius 2 is 2.12 bits per heavy atom. The number of halogens is 1. The molecule has 0 bridgehead atoms. The predicted molar refractivity (Wildman–Crippen MR) is 73.0 cm³/mol.